The van der Waals surface area contributed by atoms with Gasteiger partial charge in [0.25, 0.3) is 0 Å². The molecule has 3 aromatic heterocycles. The second-order valence-electron chi connectivity index (χ2n) is 6.13. The Hall–Kier alpha value is -3.23. The van der Waals surface area contributed by atoms with Crippen LogP contribution in [0.3, 0.4) is 0 Å². The molecule has 0 aliphatic heterocycles. The SMILES string of the molecule is CCOc1ccccc1-c1sc2c(N=NCc3cccnc3)ncnc2c1CO. The number of nitrogens with zero attached hydrogens (tertiary/aromatic N) is 5. The molecule has 0 fully saturated rings. The van der Waals surface area contributed by atoms with Crippen LogP contribution < -0.4 is 4.74 Å². The Morgan fingerprint density at radius 1 is 1.14 bits per heavy atom. The maximum Gasteiger partial charge on any atom is 0.195 e. The summed E-state index contributed by atoms with van der Waals surface area (Å²) in [4.78, 5) is 13.7. The largest absolute Gasteiger partial charge is 0.493 e. The fraction of sp³-hybridized carbons (Fsp3) is 0.190. The molecule has 29 heavy (non-hydrogen) atoms. The second-order valence-corrected chi connectivity index (χ2v) is 7.15. The molecule has 146 valence electrons. The maximum atomic E-state index is 10.0. The number of aliphatic hydroxyl groups is 1. The molecule has 0 saturated carbocycles. The highest BCUT2D eigenvalue weighted by molar-refractivity contribution is 7.23. The second kappa shape index (κ2) is 8.85. The average Bonchev–Trinajstić information content (AvgIpc) is 3.14. The lowest BCUT2D eigenvalue weighted by molar-refractivity contribution is 0.284. The van der Waals surface area contributed by atoms with Crippen molar-refractivity contribution in [3.05, 3.63) is 66.2 Å². The van der Waals surface area contributed by atoms with Crippen molar-refractivity contribution in [2.45, 2.75) is 20.1 Å². The number of hydrogen-bond donors (Lipinski definition) is 1. The van der Waals surface area contributed by atoms with E-state index in [1.54, 1.807) is 12.4 Å². The number of para-hydroxylation sites is 1. The summed E-state index contributed by atoms with van der Waals surface area (Å²) in [5.74, 6) is 1.25. The van der Waals surface area contributed by atoms with Gasteiger partial charge in [-0.1, -0.05) is 18.2 Å². The number of hydrogen-bond acceptors (Lipinski definition) is 8. The van der Waals surface area contributed by atoms with Gasteiger partial charge in [0.2, 0.25) is 0 Å². The summed E-state index contributed by atoms with van der Waals surface area (Å²) in [5, 5.41) is 18.6. The Labute approximate surface area is 171 Å². The van der Waals surface area contributed by atoms with E-state index in [2.05, 4.69) is 25.2 Å². The standard InChI is InChI=1S/C21H19N5O2S/c1-2-28-17-8-4-3-7-15(17)19-16(12-27)18-20(29-19)21(24-13-23-18)26-25-11-14-6-5-9-22-10-14/h3-10,13,27H,2,11-12H2,1H3. The van der Waals surface area contributed by atoms with Gasteiger partial charge in [0, 0.05) is 28.4 Å². The van der Waals surface area contributed by atoms with Crippen LogP contribution in [0.1, 0.15) is 18.1 Å². The Bertz CT molecular complexity index is 1140. The van der Waals surface area contributed by atoms with Gasteiger partial charge in [-0.05, 0) is 30.7 Å². The fourth-order valence-electron chi connectivity index (χ4n) is 2.99. The number of azo groups is 1. The normalized spacial score (nSPS) is 11.4. The molecule has 1 aromatic carbocycles. The zero-order chi connectivity index (χ0) is 20.1. The van der Waals surface area contributed by atoms with Gasteiger partial charge in [-0.25, -0.2) is 9.97 Å². The molecule has 7 nitrogen and oxygen atoms in total. The first kappa shape index (κ1) is 19.1. The summed E-state index contributed by atoms with van der Waals surface area (Å²) in [7, 11) is 0. The van der Waals surface area contributed by atoms with Crippen molar-refractivity contribution >= 4 is 27.4 Å². The highest BCUT2D eigenvalue weighted by atomic mass is 32.1. The van der Waals surface area contributed by atoms with Crippen LogP contribution in [0.5, 0.6) is 5.75 Å². The van der Waals surface area contributed by atoms with Crippen LogP contribution in [0.2, 0.25) is 0 Å². The van der Waals surface area contributed by atoms with Crippen molar-refractivity contribution in [3.8, 4) is 16.2 Å². The molecule has 0 aliphatic carbocycles. The van der Waals surface area contributed by atoms with Crippen molar-refractivity contribution in [1.29, 1.82) is 0 Å². The summed E-state index contributed by atoms with van der Waals surface area (Å²) in [6.07, 6.45) is 4.93. The van der Waals surface area contributed by atoms with Crippen LogP contribution in [-0.2, 0) is 13.2 Å². The molecule has 1 N–H and O–H groups in total. The summed E-state index contributed by atoms with van der Waals surface area (Å²) in [6.45, 7) is 2.78. The number of rotatable bonds is 7. The fourth-order valence-corrected chi connectivity index (χ4v) is 4.22. The summed E-state index contributed by atoms with van der Waals surface area (Å²) >= 11 is 1.48. The van der Waals surface area contributed by atoms with Crippen LogP contribution in [0.15, 0.2) is 65.3 Å². The predicted octanol–water partition coefficient (Wildman–Crippen LogP) is 4.93. The first-order valence-electron chi connectivity index (χ1n) is 9.17. The summed E-state index contributed by atoms with van der Waals surface area (Å²) in [5.41, 5.74) is 3.31. The van der Waals surface area contributed by atoms with E-state index in [1.807, 2.05) is 43.3 Å². The van der Waals surface area contributed by atoms with Crippen molar-refractivity contribution in [2.75, 3.05) is 6.61 Å². The van der Waals surface area contributed by atoms with Gasteiger partial charge in [-0.2, -0.15) is 5.11 Å². The Kier molecular flexibility index (Phi) is 5.83. The Morgan fingerprint density at radius 3 is 2.83 bits per heavy atom. The molecule has 0 unspecified atom stereocenters. The van der Waals surface area contributed by atoms with Crippen molar-refractivity contribution < 1.29 is 9.84 Å². The molecule has 0 saturated heterocycles. The number of aromatic nitrogens is 3. The number of ether oxygens (including phenoxy) is 1. The smallest absolute Gasteiger partial charge is 0.195 e. The van der Waals surface area contributed by atoms with Crippen molar-refractivity contribution in [1.82, 2.24) is 15.0 Å². The number of fused-ring (bicyclic) bond motifs is 1. The molecule has 0 spiro atoms. The summed E-state index contributed by atoms with van der Waals surface area (Å²) in [6, 6.07) is 11.6. The van der Waals surface area contributed by atoms with Gasteiger partial charge in [0.1, 0.15) is 16.8 Å². The average molecular weight is 405 g/mol. The van der Waals surface area contributed by atoms with E-state index in [4.69, 9.17) is 4.74 Å². The zero-order valence-electron chi connectivity index (χ0n) is 15.8. The highest BCUT2D eigenvalue weighted by Crippen LogP contribution is 2.44. The lowest BCUT2D eigenvalue weighted by atomic mass is 10.1. The third-order valence-electron chi connectivity index (χ3n) is 4.28. The minimum absolute atomic E-state index is 0.140. The lowest BCUT2D eigenvalue weighted by Gasteiger charge is -2.09. The minimum atomic E-state index is -0.140. The van der Waals surface area contributed by atoms with E-state index in [0.717, 1.165) is 32.0 Å². The molecule has 3 heterocycles. The molecule has 0 radical (unpaired) electrons. The molecule has 0 atom stereocenters. The topological polar surface area (TPSA) is 92.9 Å². The van der Waals surface area contributed by atoms with E-state index < -0.39 is 0 Å². The van der Waals surface area contributed by atoms with Gasteiger partial charge in [0.05, 0.1) is 25.3 Å². The third kappa shape index (κ3) is 3.98. The van der Waals surface area contributed by atoms with E-state index in [0.29, 0.717) is 24.5 Å². The third-order valence-corrected chi connectivity index (χ3v) is 5.53. The van der Waals surface area contributed by atoms with Crippen LogP contribution in [0.4, 0.5) is 5.82 Å². The number of thiophene rings is 1. The maximum absolute atomic E-state index is 10.0. The van der Waals surface area contributed by atoms with Gasteiger partial charge >= 0.3 is 0 Å². The molecule has 0 bridgehead atoms. The molecule has 0 aliphatic rings. The molecule has 0 amide bonds. The van der Waals surface area contributed by atoms with Gasteiger partial charge < -0.3 is 9.84 Å². The number of pyridine rings is 1. The Morgan fingerprint density at radius 2 is 2.03 bits per heavy atom. The van der Waals surface area contributed by atoms with E-state index in [-0.39, 0.29) is 6.61 Å². The molecular weight excluding hydrogens is 386 g/mol. The van der Waals surface area contributed by atoms with Gasteiger partial charge in [-0.15, -0.1) is 16.5 Å². The lowest BCUT2D eigenvalue weighted by Crippen LogP contribution is -1.94. The Balaban J connectivity index is 1.76. The first-order chi connectivity index (χ1) is 14.3. The number of benzene rings is 1. The molecule has 8 heteroatoms. The monoisotopic (exact) mass is 405 g/mol. The van der Waals surface area contributed by atoms with Gasteiger partial charge in [-0.3, -0.25) is 4.98 Å². The van der Waals surface area contributed by atoms with Crippen molar-refractivity contribution in [3.63, 3.8) is 0 Å². The highest BCUT2D eigenvalue weighted by Gasteiger charge is 2.19. The molecular formula is C21H19N5O2S. The molecule has 4 rings (SSSR count). The van der Waals surface area contributed by atoms with E-state index >= 15 is 0 Å². The van der Waals surface area contributed by atoms with E-state index in [1.165, 1.54) is 17.7 Å². The first-order valence-corrected chi connectivity index (χ1v) is 9.99. The van der Waals surface area contributed by atoms with Crippen LogP contribution in [0.25, 0.3) is 20.7 Å². The van der Waals surface area contributed by atoms with E-state index in [9.17, 15) is 5.11 Å². The predicted molar refractivity (Wildman–Crippen MR) is 112 cm³/mol. The van der Waals surface area contributed by atoms with Crippen LogP contribution in [-0.4, -0.2) is 26.7 Å². The van der Waals surface area contributed by atoms with Crippen LogP contribution >= 0.6 is 11.3 Å². The zero-order valence-corrected chi connectivity index (χ0v) is 16.6. The minimum Gasteiger partial charge on any atom is -0.493 e. The molecule has 4 aromatic rings. The van der Waals surface area contributed by atoms with Gasteiger partial charge in [0.15, 0.2) is 5.82 Å². The number of aliphatic hydroxyl groups excluding tert-OH is 1. The summed E-state index contributed by atoms with van der Waals surface area (Å²) < 4.78 is 6.56. The quantitative estimate of drug-likeness (QED) is 0.440. The van der Waals surface area contributed by atoms with Crippen molar-refractivity contribution in [2.24, 2.45) is 10.2 Å². The van der Waals surface area contributed by atoms with Crippen LogP contribution in [0, 0.1) is 0 Å².